The van der Waals surface area contributed by atoms with Gasteiger partial charge in [-0.1, -0.05) is 44.2 Å². The van der Waals surface area contributed by atoms with Gasteiger partial charge < -0.3 is 0 Å². The van der Waals surface area contributed by atoms with Crippen LogP contribution in [0.15, 0.2) is 41.6 Å². The molecule has 0 radical (unpaired) electrons. The Hall–Kier alpha value is -2.96. The summed E-state index contributed by atoms with van der Waals surface area (Å²) in [7, 11) is 0. The average molecular weight is 364 g/mol. The summed E-state index contributed by atoms with van der Waals surface area (Å²) in [4.78, 5) is 24.9. The molecule has 3 aliphatic rings. The summed E-state index contributed by atoms with van der Waals surface area (Å²) in [6, 6.07) is 9.70. The summed E-state index contributed by atoms with van der Waals surface area (Å²) in [5.74, 6) is 1.48. The maximum Gasteiger partial charge on any atom is 0.356 e. The summed E-state index contributed by atoms with van der Waals surface area (Å²) in [5.41, 5.74) is 2.71. The molecule has 0 spiro atoms. The molecule has 7 heteroatoms. The van der Waals surface area contributed by atoms with Crippen LogP contribution >= 0.6 is 0 Å². The Morgan fingerprint density at radius 2 is 1.93 bits per heavy atom. The number of Topliss-reactive ketones (excluding diaryl/α,β-unsaturated/α-hetero) is 1. The van der Waals surface area contributed by atoms with Gasteiger partial charge in [0.15, 0.2) is 5.78 Å². The van der Waals surface area contributed by atoms with E-state index < -0.39 is 0 Å². The minimum Gasteiger partial charge on any atom is -0.294 e. The van der Waals surface area contributed by atoms with Crippen LogP contribution in [0.3, 0.4) is 0 Å². The second-order valence-corrected chi connectivity index (χ2v) is 8.31. The first-order chi connectivity index (χ1) is 12.9. The lowest BCUT2D eigenvalue weighted by Crippen LogP contribution is -2.47. The van der Waals surface area contributed by atoms with Crippen molar-refractivity contribution in [1.82, 2.24) is 9.78 Å². The maximum absolute atomic E-state index is 13.1. The second kappa shape index (κ2) is 5.52. The number of rotatable bonds is 1. The summed E-state index contributed by atoms with van der Waals surface area (Å²) >= 11 is 0. The molecule has 1 aromatic heterocycles. The number of aromatic nitrogens is 3. The van der Waals surface area contributed by atoms with Crippen LogP contribution in [0.4, 0.5) is 11.9 Å². The molecule has 2 N–H and O–H groups in total. The Morgan fingerprint density at radius 3 is 2.70 bits per heavy atom. The van der Waals surface area contributed by atoms with Crippen molar-refractivity contribution in [2.75, 3.05) is 10.6 Å². The molecule has 2 aliphatic heterocycles. The van der Waals surface area contributed by atoms with E-state index in [4.69, 9.17) is 0 Å². The first-order valence-corrected chi connectivity index (χ1v) is 9.33. The number of hydrogen-bond donors (Lipinski definition) is 2. The third-order valence-electron chi connectivity index (χ3n) is 5.56. The Labute approximate surface area is 157 Å². The number of ketones is 1. The molecular weight excluding hydrogens is 342 g/mol. The molecule has 1 aliphatic carbocycles. The van der Waals surface area contributed by atoms with Gasteiger partial charge in [-0.05, 0) is 11.0 Å². The molecule has 0 saturated heterocycles. The number of hydrogen-bond acceptors (Lipinski definition) is 4. The van der Waals surface area contributed by atoms with Crippen molar-refractivity contribution >= 4 is 23.6 Å². The van der Waals surface area contributed by atoms with Crippen molar-refractivity contribution in [3.8, 4) is 0 Å². The van der Waals surface area contributed by atoms with Crippen LogP contribution in [0.2, 0.25) is 0 Å². The minimum absolute atomic E-state index is 0.0309. The van der Waals surface area contributed by atoms with E-state index in [1.54, 1.807) is 0 Å². The van der Waals surface area contributed by atoms with E-state index in [2.05, 4.69) is 29.6 Å². The van der Waals surface area contributed by atoms with Gasteiger partial charge in [-0.2, -0.15) is 0 Å². The lowest BCUT2D eigenvalue weighted by molar-refractivity contribution is -0.670. The number of carbonyl (C=O) groups is 2. The lowest BCUT2D eigenvalue weighted by atomic mass is 9.73. The third kappa shape index (κ3) is 2.49. The van der Waals surface area contributed by atoms with Gasteiger partial charge in [0.05, 0.1) is 24.2 Å². The molecule has 1 aromatic carbocycles. The molecule has 3 heterocycles. The van der Waals surface area contributed by atoms with Gasteiger partial charge >= 0.3 is 11.9 Å². The van der Waals surface area contributed by atoms with Crippen molar-refractivity contribution in [2.24, 2.45) is 5.41 Å². The summed E-state index contributed by atoms with van der Waals surface area (Å²) in [5, 5.41) is 11.0. The molecule has 1 atom stereocenters. The highest BCUT2D eigenvalue weighted by atomic mass is 16.2. The van der Waals surface area contributed by atoms with Crippen molar-refractivity contribution in [3.05, 3.63) is 47.2 Å². The van der Waals surface area contributed by atoms with Crippen molar-refractivity contribution in [3.63, 3.8) is 0 Å². The van der Waals surface area contributed by atoms with Crippen LogP contribution in [-0.4, -0.2) is 21.5 Å². The molecule has 27 heavy (non-hydrogen) atoms. The average Bonchev–Trinajstić information content (AvgIpc) is 2.96. The molecular formula is C20H22N5O2+. The fourth-order valence-corrected chi connectivity index (χ4v) is 4.40. The van der Waals surface area contributed by atoms with Gasteiger partial charge in [0.2, 0.25) is 0 Å². The van der Waals surface area contributed by atoms with Gasteiger partial charge in [-0.15, -0.1) is 4.68 Å². The van der Waals surface area contributed by atoms with Gasteiger partial charge in [0.25, 0.3) is 5.91 Å². The molecule has 1 unspecified atom stereocenters. The monoisotopic (exact) mass is 364 g/mol. The molecule has 2 aromatic rings. The first-order valence-electron chi connectivity index (χ1n) is 9.33. The summed E-state index contributed by atoms with van der Waals surface area (Å²) in [6.45, 7) is 4.83. The minimum atomic E-state index is -0.281. The highest BCUT2D eigenvalue weighted by Gasteiger charge is 2.46. The van der Waals surface area contributed by atoms with Crippen LogP contribution < -0.4 is 15.2 Å². The zero-order chi connectivity index (χ0) is 18.8. The molecule has 7 nitrogen and oxygen atoms in total. The summed E-state index contributed by atoms with van der Waals surface area (Å²) < 4.78 is 3.85. The number of allylic oxidation sites excluding steroid dienone is 2. The largest absolute Gasteiger partial charge is 0.356 e. The number of nitrogens with one attached hydrogen (secondary N) is 2. The van der Waals surface area contributed by atoms with E-state index in [1.165, 1.54) is 0 Å². The number of carbonyl (C=O) groups excluding carboxylic acids is 2. The van der Waals surface area contributed by atoms with Crippen LogP contribution in [0, 0.1) is 5.41 Å². The summed E-state index contributed by atoms with van der Waals surface area (Å²) in [6.07, 6.45) is 1.76. The molecule has 0 fully saturated rings. The highest BCUT2D eigenvalue weighted by molar-refractivity contribution is 6.00. The van der Waals surface area contributed by atoms with Gasteiger partial charge in [0.1, 0.15) is 6.04 Å². The Morgan fingerprint density at radius 1 is 1.15 bits per heavy atom. The standard InChI is InChI=1S/C20H21N5O2/c1-20(2)10-13-16(14(26)11-20)17(12-6-4-3-5-7-12)25-19(21-13)24-9-8-15(27)22-18(24)23-25/h3-7,17H,8-11H2,1-2H3,(H,22,23,27)/p+1. The number of anilines is 2. The van der Waals surface area contributed by atoms with E-state index >= 15 is 0 Å². The fourth-order valence-electron chi connectivity index (χ4n) is 4.40. The van der Waals surface area contributed by atoms with E-state index in [-0.39, 0.29) is 23.1 Å². The predicted octanol–water partition coefficient (Wildman–Crippen LogP) is 2.17. The number of benzene rings is 1. The smallest absolute Gasteiger partial charge is 0.294 e. The Balaban J connectivity index is 1.72. The van der Waals surface area contributed by atoms with Gasteiger partial charge in [-0.25, -0.2) is 9.88 Å². The maximum atomic E-state index is 13.1. The normalized spacial score (nSPS) is 23.1. The number of amides is 1. The fraction of sp³-hybridized carbons (Fsp3) is 0.400. The van der Waals surface area contributed by atoms with Crippen LogP contribution in [-0.2, 0) is 16.1 Å². The van der Waals surface area contributed by atoms with Crippen LogP contribution in [0.5, 0.6) is 0 Å². The topological polar surface area (TPSA) is 79.9 Å². The van der Waals surface area contributed by atoms with E-state index in [0.29, 0.717) is 25.3 Å². The van der Waals surface area contributed by atoms with Crippen molar-refractivity contribution < 1.29 is 14.2 Å². The molecule has 5 rings (SSSR count). The number of fused-ring (bicyclic) bond motifs is 3. The quantitative estimate of drug-likeness (QED) is 0.760. The molecule has 1 amide bonds. The highest BCUT2D eigenvalue weighted by Crippen LogP contribution is 2.45. The van der Waals surface area contributed by atoms with Gasteiger partial charge in [-0.3, -0.25) is 14.9 Å². The zero-order valence-electron chi connectivity index (χ0n) is 15.5. The third-order valence-corrected chi connectivity index (χ3v) is 5.56. The van der Waals surface area contributed by atoms with E-state index in [9.17, 15) is 9.59 Å². The zero-order valence-corrected chi connectivity index (χ0v) is 15.5. The second-order valence-electron chi connectivity index (χ2n) is 8.31. The van der Waals surface area contributed by atoms with Crippen LogP contribution in [0.1, 0.15) is 44.7 Å². The molecule has 0 saturated carbocycles. The Kier molecular flexibility index (Phi) is 3.32. The predicted molar refractivity (Wildman–Crippen MR) is 98.9 cm³/mol. The Bertz CT molecular complexity index is 1000. The van der Waals surface area contributed by atoms with E-state index in [1.807, 2.05) is 39.6 Å². The SMILES string of the molecule is CC1(C)CC(=O)C2=C(C1)Nc1n(nc3[n+]1CCC(=O)N3)C2c1ccccc1. The van der Waals surface area contributed by atoms with Crippen molar-refractivity contribution in [1.29, 1.82) is 0 Å². The van der Waals surface area contributed by atoms with Gasteiger partial charge in [0, 0.05) is 17.9 Å². The molecule has 0 bridgehead atoms. The first kappa shape index (κ1) is 16.2. The lowest BCUT2D eigenvalue weighted by Gasteiger charge is -2.36. The molecule has 138 valence electrons. The van der Waals surface area contributed by atoms with Crippen LogP contribution in [0.25, 0.3) is 0 Å². The number of nitrogens with zero attached hydrogens (tertiary/aromatic N) is 3. The van der Waals surface area contributed by atoms with E-state index in [0.717, 1.165) is 29.2 Å². The van der Waals surface area contributed by atoms with Crippen molar-refractivity contribution in [2.45, 2.75) is 45.7 Å².